The first-order valence-electron chi connectivity index (χ1n) is 9.54. The van der Waals surface area contributed by atoms with Gasteiger partial charge in [-0.3, -0.25) is 9.69 Å². The molecule has 0 atom stereocenters. The summed E-state index contributed by atoms with van der Waals surface area (Å²) < 4.78 is 14.9. The summed E-state index contributed by atoms with van der Waals surface area (Å²) in [4.78, 5) is 21.8. The highest BCUT2D eigenvalue weighted by Gasteiger charge is 2.23. The molecular formula is C23H22FN3OS. The van der Waals surface area contributed by atoms with Gasteiger partial charge in [-0.05, 0) is 56.0 Å². The summed E-state index contributed by atoms with van der Waals surface area (Å²) in [7, 11) is 4.01. The molecule has 148 valence electrons. The second-order valence-electron chi connectivity index (χ2n) is 7.22. The van der Waals surface area contributed by atoms with Crippen molar-refractivity contribution < 1.29 is 9.18 Å². The van der Waals surface area contributed by atoms with E-state index in [1.807, 2.05) is 62.6 Å². The molecule has 1 heterocycles. The molecule has 0 saturated heterocycles. The van der Waals surface area contributed by atoms with Gasteiger partial charge in [-0.15, -0.1) is 0 Å². The number of carbonyl (C=O) groups excluding carboxylic acids is 1. The van der Waals surface area contributed by atoms with Crippen molar-refractivity contribution in [2.75, 3.05) is 32.1 Å². The van der Waals surface area contributed by atoms with Crippen molar-refractivity contribution in [1.82, 2.24) is 9.88 Å². The fourth-order valence-corrected chi connectivity index (χ4v) is 4.41. The van der Waals surface area contributed by atoms with Crippen molar-refractivity contribution in [3.05, 3.63) is 72.0 Å². The van der Waals surface area contributed by atoms with E-state index >= 15 is 0 Å². The van der Waals surface area contributed by atoms with Crippen LogP contribution >= 0.6 is 11.3 Å². The molecule has 0 aliphatic rings. The summed E-state index contributed by atoms with van der Waals surface area (Å²) in [5, 5.41) is 2.45. The van der Waals surface area contributed by atoms with E-state index in [1.54, 1.807) is 11.0 Å². The Morgan fingerprint density at radius 1 is 1.00 bits per heavy atom. The van der Waals surface area contributed by atoms with E-state index in [4.69, 9.17) is 0 Å². The number of nitrogens with zero attached hydrogens (tertiary/aromatic N) is 3. The van der Waals surface area contributed by atoms with E-state index in [1.165, 1.54) is 17.4 Å². The Labute approximate surface area is 173 Å². The average Bonchev–Trinajstić information content (AvgIpc) is 3.15. The molecule has 0 aliphatic heterocycles. The van der Waals surface area contributed by atoms with Gasteiger partial charge in [-0.25, -0.2) is 9.37 Å². The number of halogens is 1. The second kappa shape index (κ2) is 8.27. The fraction of sp³-hybridized carbons (Fsp3) is 0.217. The molecule has 6 heteroatoms. The zero-order valence-corrected chi connectivity index (χ0v) is 17.2. The van der Waals surface area contributed by atoms with Crippen LogP contribution in [-0.4, -0.2) is 43.0 Å². The zero-order valence-electron chi connectivity index (χ0n) is 16.4. The molecule has 4 nitrogen and oxygen atoms in total. The highest BCUT2D eigenvalue weighted by molar-refractivity contribution is 7.22. The van der Waals surface area contributed by atoms with Crippen LogP contribution in [0.2, 0.25) is 0 Å². The van der Waals surface area contributed by atoms with Crippen LogP contribution in [0, 0.1) is 5.82 Å². The van der Waals surface area contributed by atoms with E-state index in [0.29, 0.717) is 22.8 Å². The lowest BCUT2D eigenvalue weighted by atomic mass is 10.0. The molecule has 0 aliphatic carbocycles. The van der Waals surface area contributed by atoms with Crippen molar-refractivity contribution in [3.63, 3.8) is 0 Å². The Bertz CT molecular complexity index is 1170. The minimum Gasteiger partial charge on any atom is -0.309 e. The highest BCUT2D eigenvalue weighted by Crippen LogP contribution is 2.32. The first kappa shape index (κ1) is 19.5. The summed E-state index contributed by atoms with van der Waals surface area (Å²) in [5.74, 6) is -0.476. The number of hydrogen-bond donors (Lipinski definition) is 0. The highest BCUT2D eigenvalue weighted by atomic mass is 32.1. The lowest BCUT2D eigenvalue weighted by Crippen LogP contribution is -2.33. The van der Waals surface area contributed by atoms with Gasteiger partial charge in [0, 0.05) is 12.1 Å². The average molecular weight is 408 g/mol. The molecule has 1 amide bonds. The van der Waals surface area contributed by atoms with Crippen molar-refractivity contribution in [2.24, 2.45) is 0 Å². The molecule has 0 spiro atoms. The van der Waals surface area contributed by atoms with Crippen LogP contribution in [0.1, 0.15) is 16.8 Å². The van der Waals surface area contributed by atoms with Gasteiger partial charge in [0.15, 0.2) is 5.13 Å². The molecule has 0 unspecified atom stereocenters. The van der Waals surface area contributed by atoms with Gasteiger partial charge >= 0.3 is 0 Å². The van der Waals surface area contributed by atoms with Crippen LogP contribution in [0.4, 0.5) is 9.52 Å². The van der Waals surface area contributed by atoms with Crippen LogP contribution in [0.25, 0.3) is 21.0 Å². The number of para-hydroxylation sites is 1. The SMILES string of the molecule is CN(C)CCCN(C(=O)c1cccc2ccccc12)c1nc2c(F)cccc2s1. The third-order valence-electron chi connectivity index (χ3n) is 4.84. The van der Waals surface area contributed by atoms with Crippen LogP contribution in [0.15, 0.2) is 60.7 Å². The maximum atomic E-state index is 14.2. The first-order chi connectivity index (χ1) is 14.0. The third-order valence-corrected chi connectivity index (χ3v) is 5.89. The van der Waals surface area contributed by atoms with Gasteiger partial charge in [0.05, 0.1) is 4.70 Å². The number of amides is 1. The number of hydrogen-bond acceptors (Lipinski definition) is 4. The summed E-state index contributed by atoms with van der Waals surface area (Å²) >= 11 is 1.35. The lowest BCUT2D eigenvalue weighted by Gasteiger charge is -2.21. The van der Waals surface area contributed by atoms with E-state index < -0.39 is 0 Å². The quantitative estimate of drug-likeness (QED) is 0.441. The predicted octanol–water partition coefficient (Wildman–Crippen LogP) is 5.19. The molecule has 29 heavy (non-hydrogen) atoms. The molecule has 4 aromatic rings. The molecule has 3 aromatic carbocycles. The first-order valence-corrected chi connectivity index (χ1v) is 10.4. The molecule has 0 bridgehead atoms. The van der Waals surface area contributed by atoms with Crippen molar-refractivity contribution in [3.8, 4) is 0 Å². The summed E-state index contributed by atoms with van der Waals surface area (Å²) in [6, 6.07) is 18.5. The Balaban J connectivity index is 1.76. The number of carbonyl (C=O) groups is 1. The predicted molar refractivity (Wildman–Crippen MR) is 118 cm³/mol. The monoisotopic (exact) mass is 407 g/mol. The van der Waals surface area contributed by atoms with Crippen LogP contribution in [0.5, 0.6) is 0 Å². The molecule has 0 N–H and O–H groups in total. The Hall–Kier alpha value is -2.83. The number of aromatic nitrogens is 1. The van der Waals surface area contributed by atoms with Gasteiger partial charge < -0.3 is 4.90 Å². The Morgan fingerprint density at radius 3 is 2.55 bits per heavy atom. The van der Waals surface area contributed by atoms with E-state index in [2.05, 4.69) is 9.88 Å². The largest absolute Gasteiger partial charge is 0.309 e. The molecule has 1 aromatic heterocycles. The maximum absolute atomic E-state index is 14.2. The number of rotatable bonds is 6. The summed E-state index contributed by atoms with van der Waals surface area (Å²) in [6.45, 7) is 1.36. The van der Waals surface area contributed by atoms with Crippen LogP contribution < -0.4 is 4.90 Å². The third kappa shape index (κ3) is 3.99. The Kier molecular flexibility index (Phi) is 5.56. The second-order valence-corrected chi connectivity index (χ2v) is 8.23. The number of thiazole rings is 1. The normalized spacial score (nSPS) is 11.4. The van der Waals surface area contributed by atoms with E-state index in [9.17, 15) is 9.18 Å². The van der Waals surface area contributed by atoms with Crippen molar-refractivity contribution in [2.45, 2.75) is 6.42 Å². The Morgan fingerprint density at radius 2 is 1.76 bits per heavy atom. The van der Waals surface area contributed by atoms with Crippen molar-refractivity contribution >= 4 is 43.4 Å². The molecule has 0 fully saturated rings. The number of anilines is 1. The molecule has 0 radical (unpaired) electrons. The van der Waals surface area contributed by atoms with Gasteiger partial charge in [-0.1, -0.05) is 53.8 Å². The summed E-state index contributed by atoms with van der Waals surface area (Å²) in [5.41, 5.74) is 0.948. The van der Waals surface area contributed by atoms with Gasteiger partial charge in [0.25, 0.3) is 5.91 Å². The minimum atomic E-state index is -0.365. The lowest BCUT2D eigenvalue weighted by molar-refractivity contribution is 0.0987. The standard InChI is InChI=1S/C23H22FN3OS/c1-26(2)14-7-15-27(23-25-21-19(24)12-6-13-20(21)29-23)22(28)18-11-5-9-16-8-3-4-10-17(16)18/h3-6,8-13H,7,14-15H2,1-2H3. The van der Waals surface area contributed by atoms with Crippen molar-refractivity contribution in [1.29, 1.82) is 0 Å². The molecule has 4 rings (SSSR count). The zero-order chi connectivity index (χ0) is 20.4. The maximum Gasteiger partial charge on any atom is 0.260 e. The topological polar surface area (TPSA) is 36.4 Å². The van der Waals surface area contributed by atoms with Crippen LogP contribution in [-0.2, 0) is 0 Å². The van der Waals surface area contributed by atoms with E-state index in [-0.39, 0.29) is 11.7 Å². The minimum absolute atomic E-state index is 0.111. The van der Waals surface area contributed by atoms with Gasteiger partial charge in [0.2, 0.25) is 0 Å². The number of fused-ring (bicyclic) bond motifs is 2. The smallest absolute Gasteiger partial charge is 0.260 e. The summed E-state index contributed by atoms with van der Waals surface area (Å²) in [6.07, 6.45) is 0.794. The fourth-order valence-electron chi connectivity index (χ4n) is 3.41. The molecular weight excluding hydrogens is 385 g/mol. The number of benzene rings is 3. The van der Waals surface area contributed by atoms with E-state index in [0.717, 1.165) is 28.4 Å². The van der Waals surface area contributed by atoms with Crippen LogP contribution in [0.3, 0.4) is 0 Å². The molecule has 0 saturated carbocycles. The van der Waals surface area contributed by atoms with Gasteiger partial charge in [-0.2, -0.15) is 0 Å². The van der Waals surface area contributed by atoms with Gasteiger partial charge in [0.1, 0.15) is 11.3 Å².